The summed E-state index contributed by atoms with van der Waals surface area (Å²) in [5.41, 5.74) is 2.32. The van der Waals surface area contributed by atoms with E-state index in [1.807, 2.05) is 36.6 Å². The molecule has 3 aromatic rings. The van der Waals surface area contributed by atoms with E-state index in [-0.39, 0.29) is 12.1 Å². The fourth-order valence-corrected chi connectivity index (χ4v) is 3.10. The number of imidazole rings is 1. The maximum atomic E-state index is 13.2. The number of fused-ring (bicyclic) bond motifs is 1. The van der Waals surface area contributed by atoms with Gasteiger partial charge in [-0.1, -0.05) is 0 Å². The van der Waals surface area contributed by atoms with Gasteiger partial charge in [0.25, 0.3) is 0 Å². The van der Waals surface area contributed by atoms with E-state index in [1.54, 1.807) is 18.6 Å². The number of ether oxygens (including phenoxy) is 1. The van der Waals surface area contributed by atoms with Gasteiger partial charge in [-0.05, 0) is 26.3 Å². The molecule has 0 aliphatic carbocycles. The highest BCUT2D eigenvalue weighted by atomic mass is 19.2. The van der Waals surface area contributed by atoms with Crippen molar-refractivity contribution in [2.24, 2.45) is 0 Å². The first-order chi connectivity index (χ1) is 12.6. The van der Waals surface area contributed by atoms with E-state index in [0.717, 1.165) is 28.6 Å². The summed E-state index contributed by atoms with van der Waals surface area (Å²) < 4.78 is 20.9. The Morgan fingerprint density at radius 3 is 2.96 bits per heavy atom. The first kappa shape index (κ1) is 16.7. The fraction of sp³-hybridized carbons (Fsp3) is 0.389. The van der Waals surface area contributed by atoms with E-state index < -0.39 is 0 Å². The van der Waals surface area contributed by atoms with Gasteiger partial charge in [-0.15, -0.1) is 9.60 Å². The van der Waals surface area contributed by atoms with Gasteiger partial charge in [-0.2, -0.15) is 0 Å². The zero-order valence-electron chi connectivity index (χ0n) is 14.8. The number of hydrogen-bond donors (Lipinski definition) is 1. The predicted molar refractivity (Wildman–Crippen MR) is 96.7 cm³/mol. The molecular formula is C18H21FN6O. The highest BCUT2D eigenvalue weighted by molar-refractivity contribution is 5.61. The lowest BCUT2D eigenvalue weighted by molar-refractivity contribution is 0.0564. The molecule has 0 amide bonds. The molecule has 0 saturated carbocycles. The van der Waals surface area contributed by atoms with Gasteiger partial charge in [0.15, 0.2) is 0 Å². The zero-order chi connectivity index (χ0) is 18.1. The monoisotopic (exact) mass is 356 g/mol. The molecule has 0 aromatic carbocycles. The van der Waals surface area contributed by atoms with Crippen LogP contribution in [0.4, 0.5) is 10.3 Å². The first-order valence-corrected chi connectivity index (χ1v) is 8.72. The lowest BCUT2D eigenvalue weighted by Gasteiger charge is -2.12. The number of nitrogens with one attached hydrogen (secondary N) is 1. The average molecular weight is 356 g/mol. The normalized spacial score (nSPS) is 17.9. The lowest BCUT2D eigenvalue weighted by Crippen LogP contribution is -2.22. The Labute approximate surface area is 150 Å². The number of halogens is 1. The summed E-state index contributed by atoms with van der Waals surface area (Å²) >= 11 is 0. The van der Waals surface area contributed by atoms with Crippen LogP contribution in [-0.4, -0.2) is 49.7 Å². The van der Waals surface area contributed by atoms with E-state index in [0.29, 0.717) is 24.6 Å². The van der Waals surface area contributed by atoms with Crippen LogP contribution in [-0.2, 0) is 0 Å². The highest BCUT2D eigenvalue weighted by Gasteiger charge is 2.22. The van der Waals surface area contributed by atoms with Crippen molar-refractivity contribution in [1.82, 2.24) is 24.5 Å². The molecule has 1 N–H and O–H groups in total. The summed E-state index contributed by atoms with van der Waals surface area (Å²) in [5, 5.41) is 4.06. The van der Waals surface area contributed by atoms with Crippen LogP contribution >= 0.6 is 0 Å². The zero-order valence-corrected chi connectivity index (χ0v) is 14.8. The van der Waals surface area contributed by atoms with Crippen LogP contribution in [0.25, 0.3) is 17.0 Å². The number of anilines is 1. The summed E-state index contributed by atoms with van der Waals surface area (Å²) in [6.45, 7) is 4.78. The highest BCUT2D eigenvalue weighted by Crippen LogP contribution is 2.23. The van der Waals surface area contributed by atoms with Gasteiger partial charge >= 0.3 is 0 Å². The molecule has 3 aromatic heterocycles. The standard InChI is InChI=1S/C18H21FN6O/c1-12(2)26-14-4-6-25-16(9-21-18(25)7-14)15-8-20-10-17(23-15)22-13-3-5-24(19)11-13/h4,6-10,12-13H,3,5,11H2,1-2H3,(H,22,23). The Balaban J connectivity index is 1.60. The number of aromatic nitrogens is 4. The van der Waals surface area contributed by atoms with Gasteiger partial charge in [0, 0.05) is 31.4 Å². The van der Waals surface area contributed by atoms with Crippen LogP contribution in [0.2, 0.25) is 0 Å². The summed E-state index contributed by atoms with van der Waals surface area (Å²) in [6, 6.07) is 3.85. The van der Waals surface area contributed by atoms with Gasteiger partial charge in [-0.25, -0.2) is 9.97 Å². The summed E-state index contributed by atoms with van der Waals surface area (Å²) in [6.07, 6.45) is 7.88. The molecule has 1 atom stereocenters. The largest absolute Gasteiger partial charge is 0.491 e. The minimum atomic E-state index is 0.0440. The first-order valence-electron chi connectivity index (χ1n) is 8.72. The van der Waals surface area contributed by atoms with Crippen molar-refractivity contribution in [3.8, 4) is 17.1 Å². The van der Waals surface area contributed by atoms with Gasteiger partial charge in [0.2, 0.25) is 0 Å². The molecule has 1 saturated heterocycles. The van der Waals surface area contributed by atoms with Crippen molar-refractivity contribution >= 4 is 11.5 Å². The van der Waals surface area contributed by atoms with Crippen molar-refractivity contribution in [3.05, 3.63) is 36.9 Å². The Morgan fingerprint density at radius 1 is 1.31 bits per heavy atom. The van der Waals surface area contributed by atoms with E-state index in [2.05, 4.69) is 20.3 Å². The number of pyridine rings is 1. The maximum absolute atomic E-state index is 13.2. The van der Waals surface area contributed by atoms with Crippen molar-refractivity contribution in [3.63, 3.8) is 0 Å². The van der Waals surface area contributed by atoms with Crippen LogP contribution < -0.4 is 10.1 Å². The molecule has 1 aliphatic rings. The summed E-state index contributed by atoms with van der Waals surface area (Å²) in [4.78, 5) is 13.3. The third-order valence-electron chi connectivity index (χ3n) is 4.24. The second-order valence-electron chi connectivity index (χ2n) is 6.69. The Kier molecular flexibility index (Phi) is 4.42. The third kappa shape index (κ3) is 3.45. The number of nitrogens with zero attached hydrogens (tertiary/aromatic N) is 5. The molecule has 4 rings (SSSR count). The van der Waals surface area contributed by atoms with Crippen LogP contribution in [0.5, 0.6) is 5.75 Å². The third-order valence-corrected chi connectivity index (χ3v) is 4.24. The second kappa shape index (κ2) is 6.87. The Bertz CT molecular complexity index is 912. The van der Waals surface area contributed by atoms with Crippen molar-refractivity contribution in [2.45, 2.75) is 32.4 Å². The van der Waals surface area contributed by atoms with Crippen molar-refractivity contribution in [2.75, 3.05) is 18.4 Å². The van der Waals surface area contributed by atoms with E-state index in [1.165, 1.54) is 0 Å². The summed E-state index contributed by atoms with van der Waals surface area (Å²) in [7, 11) is 0. The average Bonchev–Trinajstić information content (AvgIpc) is 3.20. The molecule has 4 heterocycles. The van der Waals surface area contributed by atoms with E-state index >= 15 is 0 Å². The fourth-order valence-electron chi connectivity index (χ4n) is 3.10. The molecule has 0 spiro atoms. The van der Waals surface area contributed by atoms with Gasteiger partial charge in [-0.3, -0.25) is 9.38 Å². The molecule has 8 heteroatoms. The van der Waals surface area contributed by atoms with E-state index in [4.69, 9.17) is 4.74 Å². The molecule has 1 aliphatic heterocycles. The van der Waals surface area contributed by atoms with Crippen LogP contribution in [0, 0.1) is 0 Å². The minimum Gasteiger partial charge on any atom is -0.491 e. The molecule has 1 unspecified atom stereocenters. The molecule has 0 radical (unpaired) electrons. The van der Waals surface area contributed by atoms with Gasteiger partial charge in [0.05, 0.1) is 30.4 Å². The van der Waals surface area contributed by atoms with Gasteiger partial charge in [0.1, 0.15) is 22.9 Å². The predicted octanol–water partition coefficient (Wildman–Crippen LogP) is 2.95. The van der Waals surface area contributed by atoms with Crippen LogP contribution in [0.15, 0.2) is 36.9 Å². The van der Waals surface area contributed by atoms with E-state index in [9.17, 15) is 4.48 Å². The topological polar surface area (TPSA) is 67.6 Å². The molecule has 1 fully saturated rings. The molecule has 136 valence electrons. The van der Waals surface area contributed by atoms with Crippen LogP contribution in [0.1, 0.15) is 20.3 Å². The minimum absolute atomic E-state index is 0.0440. The lowest BCUT2D eigenvalue weighted by atomic mass is 10.2. The second-order valence-corrected chi connectivity index (χ2v) is 6.69. The Morgan fingerprint density at radius 2 is 2.19 bits per heavy atom. The Hall–Kier alpha value is -2.74. The summed E-state index contributed by atoms with van der Waals surface area (Å²) in [5.74, 6) is 1.42. The molecule has 0 bridgehead atoms. The number of hydrogen-bond acceptors (Lipinski definition) is 6. The van der Waals surface area contributed by atoms with Gasteiger partial charge < -0.3 is 10.1 Å². The van der Waals surface area contributed by atoms with Crippen LogP contribution in [0.3, 0.4) is 0 Å². The van der Waals surface area contributed by atoms with Crippen molar-refractivity contribution in [1.29, 1.82) is 0 Å². The smallest absolute Gasteiger partial charge is 0.145 e. The molecular weight excluding hydrogens is 335 g/mol. The molecule has 7 nitrogen and oxygen atoms in total. The van der Waals surface area contributed by atoms with Crippen molar-refractivity contribution < 1.29 is 9.22 Å². The SMILES string of the molecule is CC(C)Oc1ccn2c(-c3cncc(NC4CCN(F)C4)n3)cnc2c1. The molecule has 26 heavy (non-hydrogen) atoms. The maximum Gasteiger partial charge on any atom is 0.145 e. The number of rotatable bonds is 5. The quantitative estimate of drug-likeness (QED) is 0.709.